The van der Waals surface area contributed by atoms with E-state index in [1.54, 1.807) is 19.1 Å². The van der Waals surface area contributed by atoms with Crippen LogP contribution in [-0.4, -0.2) is 51.6 Å². The molecule has 0 spiro atoms. The molecule has 0 aliphatic carbocycles. The number of allylic oxidation sites excluding steroid dienone is 8. The molecule has 0 radical (unpaired) electrons. The summed E-state index contributed by atoms with van der Waals surface area (Å²) >= 11 is 0. The summed E-state index contributed by atoms with van der Waals surface area (Å²) in [5.41, 5.74) is 6.88. The van der Waals surface area contributed by atoms with Crippen LogP contribution < -0.4 is 4.74 Å². The van der Waals surface area contributed by atoms with Crippen LogP contribution in [0.25, 0.3) is 0 Å². The van der Waals surface area contributed by atoms with Gasteiger partial charge in [0.05, 0.1) is 6.61 Å². The van der Waals surface area contributed by atoms with E-state index in [1.807, 2.05) is 0 Å². The molecule has 1 saturated heterocycles. The lowest BCUT2D eigenvalue weighted by atomic mass is 10.0. The maximum atomic E-state index is 10.5. The summed E-state index contributed by atoms with van der Waals surface area (Å²) in [5.74, 6) is 0.635. The van der Waals surface area contributed by atoms with Gasteiger partial charge in [-0.05, 0) is 104 Å². The van der Waals surface area contributed by atoms with Crippen molar-refractivity contribution >= 4 is 0 Å². The van der Waals surface area contributed by atoms with Gasteiger partial charge in [-0.3, -0.25) is 0 Å². The van der Waals surface area contributed by atoms with Gasteiger partial charge in [-0.25, -0.2) is 0 Å². The van der Waals surface area contributed by atoms with Crippen molar-refractivity contribution in [1.29, 1.82) is 0 Å². The molecule has 1 aromatic rings. The van der Waals surface area contributed by atoms with Crippen LogP contribution in [0.5, 0.6) is 11.5 Å². The van der Waals surface area contributed by atoms with Gasteiger partial charge in [-0.1, -0.05) is 46.6 Å². The second kappa shape index (κ2) is 15.9. The topological polar surface area (TPSA) is 99.4 Å². The standard InChI is InChI=1S/C32H48O6/c1-21(2)10-7-11-22(3)12-8-13-23(4)14-9-15-24(5)16-17-26-19-29(25(6)18-27(26)33)38-32-31(36)30(35)28(34)20-37-32/h10,12,14,16,18-19,28,30-36H,7-9,11,13,15,17,20H2,1-6H3/b22-12+,23-14+,24-16+. The van der Waals surface area contributed by atoms with E-state index >= 15 is 0 Å². The molecule has 6 nitrogen and oxygen atoms in total. The Balaban J connectivity index is 1.86. The van der Waals surface area contributed by atoms with E-state index in [4.69, 9.17) is 9.47 Å². The fraction of sp³-hybridized carbons (Fsp3) is 0.562. The van der Waals surface area contributed by atoms with Crippen molar-refractivity contribution in [2.45, 2.75) is 111 Å². The zero-order valence-corrected chi connectivity index (χ0v) is 24.0. The number of rotatable bonds is 13. The highest BCUT2D eigenvalue weighted by Crippen LogP contribution is 2.31. The van der Waals surface area contributed by atoms with E-state index in [9.17, 15) is 20.4 Å². The van der Waals surface area contributed by atoms with Crippen LogP contribution in [0.3, 0.4) is 0 Å². The lowest BCUT2D eigenvalue weighted by Gasteiger charge is -2.35. The van der Waals surface area contributed by atoms with E-state index in [0.29, 0.717) is 23.3 Å². The minimum atomic E-state index is -1.37. The first-order chi connectivity index (χ1) is 18.0. The maximum absolute atomic E-state index is 10.5. The number of hydrogen-bond donors (Lipinski definition) is 4. The van der Waals surface area contributed by atoms with Crippen molar-refractivity contribution in [2.24, 2.45) is 0 Å². The van der Waals surface area contributed by atoms with E-state index in [0.717, 1.165) is 38.5 Å². The van der Waals surface area contributed by atoms with Crippen molar-refractivity contribution in [1.82, 2.24) is 0 Å². The maximum Gasteiger partial charge on any atom is 0.228 e. The summed E-state index contributed by atoms with van der Waals surface area (Å²) in [6.07, 6.45) is 11.0. The number of phenols is 1. The predicted molar refractivity (Wildman–Crippen MR) is 153 cm³/mol. The fourth-order valence-electron chi connectivity index (χ4n) is 4.28. The fourth-order valence-corrected chi connectivity index (χ4v) is 4.28. The molecule has 1 heterocycles. The normalized spacial score (nSPS) is 22.9. The molecule has 1 fully saturated rings. The summed E-state index contributed by atoms with van der Waals surface area (Å²) < 4.78 is 11.2. The number of phenolic OH excluding ortho intramolecular Hbond substituents is 1. The molecule has 4 unspecified atom stereocenters. The molecule has 38 heavy (non-hydrogen) atoms. The number of ether oxygens (including phenoxy) is 2. The predicted octanol–water partition coefficient (Wildman–Crippen LogP) is 6.21. The number of aromatic hydroxyl groups is 1. The van der Waals surface area contributed by atoms with Gasteiger partial charge in [0.2, 0.25) is 6.29 Å². The van der Waals surface area contributed by atoms with Gasteiger partial charge in [0.1, 0.15) is 29.8 Å². The SMILES string of the molecule is CC(C)=CCC/C(C)=C/CC/C(C)=C/CC/C(C)=C/Cc1cc(OC2OCC(O)C(O)C2O)c(C)cc1O. The molecule has 0 aromatic heterocycles. The quantitative estimate of drug-likeness (QED) is 0.227. The summed E-state index contributed by atoms with van der Waals surface area (Å²) in [6, 6.07) is 3.36. The molecule has 1 aliphatic rings. The molecule has 0 amide bonds. The zero-order chi connectivity index (χ0) is 28.2. The molecule has 1 aliphatic heterocycles. The third kappa shape index (κ3) is 10.8. The van der Waals surface area contributed by atoms with Crippen molar-refractivity contribution in [3.8, 4) is 11.5 Å². The van der Waals surface area contributed by atoms with Crippen molar-refractivity contribution in [3.05, 3.63) is 69.9 Å². The summed E-state index contributed by atoms with van der Waals surface area (Å²) in [6.45, 7) is 12.5. The Hall–Kier alpha value is -2.38. The Labute approximate surface area is 229 Å². The lowest BCUT2D eigenvalue weighted by Crippen LogP contribution is -2.54. The average Bonchev–Trinajstić information content (AvgIpc) is 2.84. The van der Waals surface area contributed by atoms with Crippen LogP contribution in [0.4, 0.5) is 0 Å². The van der Waals surface area contributed by atoms with Gasteiger partial charge in [0, 0.05) is 5.56 Å². The molecular formula is C32H48O6. The van der Waals surface area contributed by atoms with Crippen LogP contribution in [0.1, 0.15) is 84.3 Å². The van der Waals surface area contributed by atoms with E-state index in [1.165, 1.54) is 22.3 Å². The highest BCUT2D eigenvalue weighted by molar-refractivity contribution is 5.46. The first-order valence-electron chi connectivity index (χ1n) is 13.7. The third-order valence-electron chi connectivity index (χ3n) is 6.90. The molecule has 2 rings (SSSR count). The Morgan fingerprint density at radius 2 is 1.39 bits per heavy atom. The van der Waals surface area contributed by atoms with Crippen LogP contribution in [0.2, 0.25) is 0 Å². The van der Waals surface area contributed by atoms with Gasteiger partial charge < -0.3 is 29.9 Å². The smallest absolute Gasteiger partial charge is 0.228 e. The molecule has 4 N–H and O–H groups in total. The van der Waals surface area contributed by atoms with E-state index in [-0.39, 0.29) is 12.4 Å². The zero-order valence-electron chi connectivity index (χ0n) is 24.0. The number of aliphatic hydroxyl groups is 3. The lowest BCUT2D eigenvalue weighted by molar-refractivity contribution is -0.242. The van der Waals surface area contributed by atoms with Crippen molar-refractivity contribution in [3.63, 3.8) is 0 Å². The number of hydrogen-bond acceptors (Lipinski definition) is 6. The first-order valence-corrected chi connectivity index (χ1v) is 13.7. The Morgan fingerprint density at radius 3 is 1.97 bits per heavy atom. The molecule has 212 valence electrons. The van der Waals surface area contributed by atoms with Crippen LogP contribution in [0.15, 0.2) is 58.7 Å². The summed E-state index contributed by atoms with van der Waals surface area (Å²) in [5, 5.41) is 40.2. The van der Waals surface area contributed by atoms with Gasteiger partial charge >= 0.3 is 0 Å². The first kappa shape index (κ1) is 31.8. The highest BCUT2D eigenvalue weighted by Gasteiger charge is 2.39. The van der Waals surface area contributed by atoms with Gasteiger partial charge in [0.15, 0.2) is 0 Å². The minimum Gasteiger partial charge on any atom is -0.508 e. The van der Waals surface area contributed by atoms with Crippen molar-refractivity contribution in [2.75, 3.05) is 6.61 Å². The molecule has 4 atom stereocenters. The van der Waals surface area contributed by atoms with Crippen LogP contribution in [-0.2, 0) is 11.2 Å². The second-order valence-electron chi connectivity index (χ2n) is 10.9. The molecule has 0 saturated carbocycles. The number of aliphatic hydroxyl groups excluding tert-OH is 3. The number of benzene rings is 1. The molecule has 0 bridgehead atoms. The van der Waals surface area contributed by atoms with E-state index < -0.39 is 24.6 Å². The highest BCUT2D eigenvalue weighted by atomic mass is 16.7. The minimum absolute atomic E-state index is 0.129. The Bertz CT molecular complexity index is 1020. The Kier molecular flexibility index (Phi) is 13.3. The monoisotopic (exact) mass is 528 g/mol. The number of aryl methyl sites for hydroxylation is 1. The summed E-state index contributed by atoms with van der Waals surface area (Å²) in [7, 11) is 0. The van der Waals surface area contributed by atoms with E-state index in [2.05, 4.69) is 58.9 Å². The summed E-state index contributed by atoms with van der Waals surface area (Å²) in [4.78, 5) is 0. The van der Waals surface area contributed by atoms with Gasteiger partial charge in [0.25, 0.3) is 0 Å². The Morgan fingerprint density at radius 1 is 0.842 bits per heavy atom. The van der Waals surface area contributed by atoms with Gasteiger partial charge in [-0.2, -0.15) is 0 Å². The molecule has 6 heteroatoms. The largest absolute Gasteiger partial charge is 0.508 e. The third-order valence-corrected chi connectivity index (χ3v) is 6.90. The molecule has 1 aromatic carbocycles. The average molecular weight is 529 g/mol. The second-order valence-corrected chi connectivity index (χ2v) is 10.9. The van der Waals surface area contributed by atoms with Crippen LogP contribution >= 0.6 is 0 Å². The van der Waals surface area contributed by atoms with Gasteiger partial charge in [-0.15, -0.1) is 0 Å². The van der Waals surface area contributed by atoms with Crippen LogP contribution in [0, 0.1) is 6.92 Å². The molecular weight excluding hydrogens is 480 g/mol. The van der Waals surface area contributed by atoms with Crippen molar-refractivity contribution < 1.29 is 29.9 Å².